The summed E-state index contributed by atoms with van der Waals surface area (Å²) in [7, 11) is 0. The van der Waals surface area contributed by atoms with Crippen molar-refractivity contribution in [2.24, 2.45) is 5.92 Å². The largest absolute Gasteiger partial charge is 0.493 e. The molecule has 1 saturated heterocycles. The van der Waals surface area contributed by atoms with Gasteiger partial charge in [0.15, 0.2) is 0 Å². The van der Waals surface area contributed by atoms with Crippen molar-refractivity contribution in [3.63, 3.8) is 0 Å². The van der Waals surface area contributed by atoms with E-state index in [1.165, 1.54) is 0 Å². The van der Waals surface area contributed by atoms with Crippen molar-refractivity contribution in [2.75, 3.05) is 31.1 Å². The van der Waals surface area contributed by atoms with E-state index in [2.05, 4.69) is 0 Å². The Balaban J connectivity index is 1.47. The first-order valence-electron chi connectivity index (χ1n) is 10.4. The molecule has 0 atom stereocenters. The molecule has 0 aromatic heterocycles. The quantitative estimate of drug-likeness (QED) is 0.712. The van der Waals surface area contributed by atoms with Gasteiger partial charge in [-0.15, -0.1) is 0 Å². The van der Waals surface area contributed by atoms with Crippen LogP contribution >= 0.6 is 0 Å². The van der Waals surface area contributed by atoms with E-state index < -0.39 is 0 Å². The van der Waals surface area contributed by atoms with E-state index in [9.17, 15) is 9.59 Å². The summed E-state index contributed by atoms with van der Waals surface area (Å²) in [5.41, 5.74) is 2.10. The average molecular weight is 395 g/mol. The van der Waals surface area contributed by atoms with Crippen LogP contribution in [0.5, 0.6) is 5.75 Å². The molecule has 0 aliphatic carbocycles. The van der Waals surface area contributed by atoms with Crippen LogP contribution in [0.3, 0.4) is 0 Å². The third-order valence-electron chi connectivity index (χ3n) is 5.42. The van der Waals surface area contributed by atoms with Crippen molar-refractivity contribution in [1.82, 2.24) is 4.90 Å². The van der Waals surface area contributed by atoms with Gasteiger partial charge in [0.2, 0.25) is 11.8 Å². The number of nitrogens with zero attached hydrogens (tertiary/aromatic N) is 2. The molecular weight excluding hydrogens is 364 g/mol. The van der Waals surface area contributed by atoms with Gasteiger partial charge in [-0.3, -0.25) is 9.59 Å². The summed E-state index contributed by atoms with van der Waals surface area (Å²) in [4.78, 5) is 29.2. The van der Waals surface area contributed by atoms with Crippen LogP contribution < -0.4 is 9.64 Å². The second-order valence-corrected chi connectivity index (χ2v) is 7.49. The van der Waals surface area contributed by atoms with Crippen LogP contribution in [0.1, 0.15) is 31.7 Å². The van der Waals surface area contributed by atoms with Crippen molar-refractivity contribution in [1.29, 1.82) is 0 Å². The molecule has 29 heavy (non-hydrogen) atoms. The minimum atomic E-state index is -0.0277. The second kappa shape index (κ2) is 10.1. The molecule has 1 fully saturated rings. The summed E-state index contributed by atoms with van der Waals surface area (Å²) >= 11 is 0. The number of benzene rings is 2. The Kier molecular flexibility index (Phi) is 7.28. The van der Waals surface area contributed by atoms with E-state index in [1.54, 1.807) is 0 Å². The van der Waals surface area contributed by atoms with Gasteiger partial charge >= 0.3 is 0 Å². The van der Waals surface area contributed by atoms with Gasteiger partial charge in [0, 0.05) is 31.2 Å². The molecular formula is C24H30N2O3. The molecule has 0 spiro atoms. The lowest BCUT2D eigenvalue weighted by Gasteiger charge is -2.34. The fourth-order valence-electron chi connectivity index (χ4n) is 3.79. The lowest BCUT2D eigenvalue weighted by Crippen LogP contribution is -2.44. The van der Waals surface area contributed by atoms with Crippen LogP contribution in [0.25, 0.3) is 0 Å². The van der Waals surface area contributed by atoms with Gasteiger partial charge in [0.05, 0.1) is 13.0 Å². The Hall–Kier alpha value is -2.82. The number of carbonyl (C=O) groups excluding carboxylic acids is 2. The number of carbonyl (C=O) groups is 2. The van der Waals surface area contributed by atoms with Crippen molar-refractivity contribution in [2.45, 2.75) is 33.1 Å². The van der Waals surface area contributed by atoms with Gasteiger partial charge in [0.25, 0.3) is 0 Å². The molecule has 0 bridgehead atoms. The number of ether oxygens (including phenoxy) is 1. The Labute approximate surface area is 173 Å². The average Bonchev–Trinajstić information content (AvgIpc) is 2.75. The molecule has 5 heteroatoms. The topological polar surface area (TPSA) is 49.9 Å². The Morgan fingerprint density at radius 3 is 2.45 bits per heavy atom. The summed E-state index contributed by atoms with van der Waals surface area (Å²) in [6.07, 6.45) is 1.79. The number of likely N-dealkylation sites (tertiary alicyclic amines) is 1. The molecule has 1 aliphatic rings. The van der Waals surface area contributed by atoms with Crippen molar-refractivity contribution < 1.29 is 14.3 Å². The summed E-state index contributed by atoms with van der Waals surface area (Å²) < 4.78 is 5.62. The van der Waals surface area contributed by atoms with Crippen LogP contribution in [-0.4, -0.2) is 43.0 Å². The minimum absolute atomic E-state index is 0.0277. The highest BCUT2D eigenvalue weighted by atomic mass is 16.5. The van der Waals surface area contributed by atoms with Crippen molar-refractivity contribution in [3.8, 4) is 5.75 Å². The van der Waals surface area contributed by atoms with Gasteiger partial charge in [0.1, 0.15) is 5.75 Å². The third-order valence-corrected chi connectivity index (χ3v) is 5.42. The molecule has 154 valence electrons. The number of aryl methyl sites for hydroxylation is 1. The molecule has 5 nitrogen and oxygen atoms in total. The standard InChI is InChI=1S/C24H30N2O3/c1-3-26(21-9-7-8-19(2)18-21)24(28)20-12-15-25(16-13-20)23(27)14-17-29-22-10-5-4-6-11-22/h4-11,18,20H,3,12-17H2,1-2H3. The third kappa shape index (κ3) is 5.59. The van der Waals surface area contributed by atoms with E-state index in [1.807, 2.05) is 78.2 Å². The number of para-hydroxylation sites is 1. The maximum Gasteiger partial charge on any atom is 0.230 e. The molecule has 0 radical (unpaired) electrons. The zero-order chi connectivity index (χ0) is 20.6. The fourth-order valence-corrected chi connectivity index (χ4v) is 3.79. The first-order valence-corrected chi connectivity index (χ1v) is 10.4. The van der Waals surface area contributed by atoms with E-state index in [0.717, 1.165) is 17.0 Å². The summed E-state index contributed by atoms with van der Waals surface area (Å²) in [6.45, 7) is 6.33. The van der Waals surface area contributed by atoms with E-state index in [-0.39, 0.29) is 17.7 Å². The summed E-state index contributed by atoms with van der Waals surface area (Å²) in [5, 5.41) is 0. The number of rotatable bonds is 7. The number of amides is 2. The predicted octanol–water partition coefficient (Wildman–Crippen LogP) is 4.06. The number of hydrogen-bond acceptors (Lipinski definition) is 3. The summed E-state index contributed by atoms with van der Waals surface area (Å²) in [6, 6.07) is 17.6. The van der Waals surface area contributed by atoms with Gasteiger partial charge in [-0.2, -0.15) is 0 Å². The molecule has 1 heterocycles. The smallest absolute Gasteiger partial charge is 0.230 e. The lowest BCUT2D eigenvalue weighted by atomic mass is 9.94. The maximum absolute atomic E-state index is 13.0. The first kappa shape index (κ1) is 20.9. The van der Waals surface area contributed by atoms with Crippen LogP contribution in [0.15, 0.2) is 54.6 Å². The van der Waals surface area contributed by atoms with Gasteiger partial charge in [-0.25, -0.2) is 0 Å². The Bertz CT molecular complexity index is 814. The van der Waals surface area contributed by atoms with Crippen LogP contribution in [0, 0.1) is 12.8 Å². The van der Waals surface area contributed by atoms with Gasteiger partial charge < -0.3 is 14.5 Å². The van der Waals surface area contributed by atoms with Crippen LogP contribution in [0.2, 0.25) is 0 Å². The van der Waals surface area contributed by atoms with Gasteiger partial charge in [-0.1, -0.05) is 30.3 Å². The number of anilines is 1. The molecule has 0 saturated carbocycles. The van der Waals surface area contributed by atoms with Crippen molar-refractivity contribution >= 4 is 17.5 Å². The van der Waals surface area contributed by atoms with Crippen molar-refractivity contribution in [3.05, 3.63) is 60.2 Å². The highest BCUT2D eigenvalue weighted by molar-refractivity contribution is 5.95. The zero-order valence-corrected chi connectivity index (χ0v) is 17.3. The molecule has 1 aliphatic heterocycles. The molecule has 2 aromatic carbocycles. The van der Waals surface area contributed by atoms with E-state index in [0.29, 0.717) is 45.5 Å². The summed E-state index contributed by atoms with van der Waals surface area (Å²) in [5.74, 6) is 1.01. The van der Waals surface area contributed by atoms with Gasteiger partial charge in [-0.05, 0) is 56.5 Å². The molecule has 2 aromatic rings. The van der Waals surface area contributed by atoms with E-state index in [4.69, 9.17) is 4.74 Å². The number of hydrogen-bond donors (Lipinski definition) is 0. The van der Waals surface area contributed by atoms with Crippen LogP contribution in [0.4, 0.5) is 5.69 Å². The molecule has 0 N–H and O–H groups in total. The highest BCUT2D eigenvalue weighted by Gasteiger charge is 2.30. The normalized spacial score (nSPS) is 14.5. The lowest BCUT2D eigenvalue weighted by molar-refractivity contribution is -0.135. The maximum atomic E-state index is 13.0. The Morgan fingerprint density at radius 1 is 1.07 bits per heavy atom. The second-order valence-electron chi connectivity index (χ2n) is 7.49. The first-order chi connectivity index (χ1) is 14.1. The zero-order valence-electron chi connectivity index (χ0n) is 17.3. The molecule has 2 amide bonds. The van der Waals surface area contributed by atoms with E-state index >= 15 is 0 Å². The predicted molar refractivity (Wildman–Crippen MR) is 115 cm³/mol. The molecule has 3 rings (SSSR count). The molecule has 0 unspecified atom stereocenters. The monoisotopic (exact) mass is 394 g/mol. The minimum Gasteiger partial charge on any atom is -0.493 e. The SMILES string of the molecule is CCN(C(=O)C1CCN(C(=O)CCOc2ccccc2)CC1)c1cccc(C)c1. The Morgan fingerprint density at radius 2 is 1.79 bits per heavy atom. The van der Waals surface area contributed by atoms with Crippen LogP contribution in [-0.2, 0) is 9.59 Å². The number of piperidine rings is 1. The fraction of sp³-hybridized carbons (Fsp3) is 0.417. The highest BCUT2D eigenvalue weighted by Crippen LogP contribution is 2.24.